The molecule has 0 saturated carbocycles. The SMILES string of the molecule is O=C(O)c1ccnc(C(=O)NCCCCc2ccc(Cl)s2)c1. The van der Waals surface area contributed by atoms with Gasteiger partial charge in [0, 0.05) is 17.6 Å². The van der Waals surface area contributed by atoms with Crippen LogP contribution in [0.1, 0.15) is 38.6 Å². The van der Waals surface area contributed by atoms with Crippen molar-refractivity contribution < 1.29 is 14.7 Å². The van der Waals surface area contributed by atoms with Crippen LogP contribution in [0.25, 0.3) is 0 Å². The fraction of sp³-hybridized carbons (Fsp3) is 0.267. The molecule has 7 heteroatoms. The molecule has 0 aliphatic carbocycles. The lowest BCUT2D eigenvalue weighted by atomic mass is 10.2. The number of carboxylic acids is 1. The molecule has 2 N–H and O–H groups in total. The molecule has 116 valence electrons. The Bertz CT molecular complexity index is 672. The van der Waals surface area contributed by atoms with E-state index in [2.05, 4.69) is 10.3 Å². The number of aromatic nitrogens is 1. The molecule has 0 saturated heterocycles. The number of unbranched alkanes of at least 4 members (excludes halogenated alkanes) is 1. The average molecular weight is 339 g/mol. The number of pyridine rings is 1. The molecular weight excluding hydrogens is 324 g/mol. The van der Waals surface area contributed by atoms with Gasteiger partial charge >= 0.3 is 5.97 Å². The fourth-order valence-corrected chi connectivity index (χ4v) is 3.02. The molecule has 0 aromatic carbocycles. The second-order valence-electron chi connectivity index (χ2n) is 4.65. The predicted octanol–water partition coefficient (Wildman–Crippen LogP) is 3.25. The molecule has 2 heterocycles. The van der Waals surface area contributed by atoms with Gasteiger partial charge in [0.1, 0.15) is 5.69 Å². The molecule has 1 amide bonds. The van der Waals surface area contributed by atoms with Crippen LogP contribution in [-0.2, 0) is 6.42 Å². The molecule has 0 bridgehead atoms. The second-order valence-corrected chi connectivity index (χ2v) is 6.45. The summed E-state index contributed by atoms with van der Waals surface area (Å²) in [4.78, 5) is 27.8. The molecule has 0 atom stereocenters. The molecule has 0 radical (unpaired) electrons. The van der Waals surface area contributed by atoms with Gasteiger partial charge in [-0.3, -0.25) is 9.78 Å². The first kappa shape index (κ1) is 16.5. The zero-order chi connectivity index (χ0) is 15.9. The minimum Gasteiger partial charge on any atom is -0.478 e. The number of nitrogens with zero attached hydrogens (tertiary/aromatic N) is 1. The molecule has 2 rings (SSSR count). The van der Waals surface area contributed by atoms with Crippen molar-refractivity contribution in [2.24, 2.45) is 0 Å². The van der Waals surface area contributed by atoms with Gasteiger partial charge in [-0.25, -0.2) is 4.79 Å². The number of aromatic carboxylic acids is 1. The summed E-state index contributed by atoms with van der Waals surface area (Å²) >= 11 is 7.42. The Hall–Kier alpha value is -1.92. The quantitative estimate of drug-likeness (QED) is 0.759. The molecular formula is C15H15ClN2O3S. The highest BCUT2D eigenvalue weighted by atomic mass is 35.5. The zero-order valence-corrected chi connectivity index (χ0v) is 13.3. The summed E-state index contributed by atoms with van der Waals surface area (Å²) in [6.45, 7) is 0.525. The van der Waals surface area contributed by atoms with Gasteiger partial charge in [0.2, 0.25) is 0 Å². The van der Waals surface area contributed by atoms with Crippen molar-refractivity contribution in [2.45, 2.75) is 19.3 Å². The second kappa shape index (κ2) is 7.91. The smallest absolute Gasteiger partial charge is 0.335 e. The van der Waals surface area contributed by atoms with Crippen LogP contribution in [0.2, 0.25) is 4.34 Å². The zero-order valence-electron chi connectivity index (χ0n) is 11.7. The number of hydrogen-bond acceptors (Lipinski definition) is 4. The molecule has 5 nitrogen and oxygen atoms in total. The molecule has 0 fully saturated rings. The Kier molecular flexibility index (Phi) is 5.91. The van der Waals surface area contributed by atoms with Crippen molar-refractivity contribution >= 4 is 34.8 Å². The Morgan fingerprint density at radius 1 is 1.27 bits per heavy atom. The number of nitrogens with one attached hydrogen (secondary N) is 1. The van der Waals surface area contributed by atoms with Gasteiger partial charge in [-0.1, -0.05) is 11.6 Å². The normalized spacial score (nSPS) is 10.4. The lowest BCUT2D eigenvalue weighted by Crippen LogP contribution is -2.25. The Labute approximate surface area is 137 Å². The number of aryl methyl sites for hydroxylation is 1. The third-order valence-electron chi connectivity index (χ3n) is 3.00. The van der Waals surface area contributed by atoms with Gasteiger partial charge in [-0.05, 0) is 43.5 Å². The van der Waals surface area contributed by atoms with Crippen molar-refractivity contribution in [3.8, 4) is 0 Å². The maximum absolute atomic E-state index is 11.9. The summed E-state index contributed by atoms with van der Waals surface area (Å²) in [5, 5.41) is 11.6. The van der Waals surface area contributed by atoms with E-state index in [0.717, 1.165) is 23.6 Å². The van der Waals surface area contributed by atoms with Crippen molar-refractivity contribution in [2.75, 3.05) is 6.54 Å². The van der Waals surface area contributed by atoms with Crippen LogP contribution < -0.4 is 5.32 Å². The van der Waals surface area contributed by atoms with Crippen LogP contribution in [0.4, 0.5) is 0 Å². The van der Waals surface area contributed by atoms with E-state index in [1.165, 1.54) is 23.2 Å². The summed E-state index contributed by atoms with van der Waals surface area (Å²) in [6.07, 6.45) is 4.03. The lowest BCUT2D eigenvalue weighted by Gasteiger charge is -2.05. The van der Waals surface area contributed by atoms with E-state index >= 15 is 0 Å². The largest absolute Gasteiger partial charge is 0.478 e. The lowest BCUT2D eigenvalue weighted by molar-refractivity contribution is 0.0696. The fourth-order valence-electron chi connectivity index (χ4n) is 1.89. The summed E-state index contributed by atoms with van der Waals surface area (Å²) < 4.78 is 0.785. The van der Waals surface area contributed by atoms with Crippen LogP contribution in [-0.4, -0.2) is 28.5 Å². The van der Waals surface area contributed by atoms with E-state index in [4.69, 9.17) is 16.7 Å². The molecule has 0 aliphatic rings. The van der Waals surface area contributed by atoms with Gasteiger partial charge < -0.3 is 10.4 Å². The van der Waals surface area contributed by atoms with Crippen LogP contribution in [0.5, 0.6) is 0 Å². The van der Waals surface area contributed by atoms with E-state index in [1.807, 2.05) is 12.1 Å². The Morgan fingerprint density at radius 3 is 2.77 bits per heavy atom. The van der Waals surface area contributed by atoms with E-state index in [-0.39, 0.29) is 17.2 Å². The molecule has 22 heavy (non-hydrogen) atoms. The summed E-state index contributed by atoms with van der Waals surface area (Å²) in [5.41, 5.74) is 0.166. The minimum absolute atomic E-state index is 0.0507. The molecule has 0 unspecified atom stereocenters. The van der Waals surface area contributed by atoms with Gasteiger partial charge in [-0.2, -0.15) is 0 Å². The first-order chi connectivity index (χ1) is 10.6. The maximum atomic E-state index is 11.9. The van der Waals surface area contributed by atoms with E-state index in [1.54, 1.807) is 11.3 Å². The number of carboxylic acid groups (broad SMARTS) is 1. The molecule has 0 spiro atoms. The Morgan fingerprint density at radius 2 is 2.09 bits per heavy atom. The van der Waals surface area contributed by atoms with Gasteiger partial charge in [-0.15, -0.1) is 11.3 Å². The summed E-state index contributed by atoms with van der Waals surface area (Å²) in [7, 11) is 0. The third kappa shape index (κ3) is 4.82. The number of halogens is 1. The van der Waals surface area contributed by atoms with E-state index in [0.29, 0.717) is 6.54 Å². The highest BCUT2D eigenvalue weighted by molar-refractivity contribution is 7.16. The number of carbonyl (C=O) groups is 2. The Balaban J connectivity index is 1.73. The maximum Gasteiger partial charge on any atom is 0.335 e. The first-order valence-corrected chi connectivity index (χ1v) is 7.97. The molecule has 0 aliphatic heterocycles. The first-order valence-electron chi connectivity index (χ1n) is 6.78. The predicted molar refractivity (Wildman–Crippen MR) is 85.8 cm³/mol. The highest BCUT2D eigenvalue weighted by Crippen LogP contribution is 2.22. The van der Waals surface area contributed by atoms with E-state index in [9.17, 15) is 9.59 Å². The van der Waals surface area contributed by atoms with Crippen LogP contribution in [0.3, 0.4) is 0 Å². The summed E-state index contributed by atoms with van der Waals surface area (Å²) in [6, 6.07) is 6.51. The van der Waals surface area contributed by atoms with Crippen LogP contribution >= 0.6 is 22.9 Å². The third-order valence-corrected chi connectivity index (χ3v) is 4.29. The van der Waals surface area contributed by atoms with Crippen molar-refractivity contribution in [3.05, 3.63) is 50.9 Å². The monoisotopic (exact) mass is 338 g/mol. The highest BCUT2D eigenvalue weighted by Gasteiger charge is 2.10. The minimum atomic E-state index is -1.08. The van der Waals surface area contributed by atoms with Gasteiger partial charge in [0.25, 0.3) is 5.91 Å². The standard InChI is InChI=1S/C15H15ClN2O3S/c16-13-5-4-11(22-13)3-1-2-7-18-14(19)12-9-10(15(20)21)6-8-17-12/h4-6,8-9H,1-3,7H2,(H,18,19)(H,20,21). The van der Waals surface area contributed by atoms with Crippen LogP contribution in [0, 0.1) is 0 Å². The van der Waals surface area contributed by atoms with Crippen LogP contribution in [0.15, 0.2) is 30.5 Å². The topological polar surface area (TPSA) is 79.3 Å². The van der Waals surface area contributed by atoms with Gasteiger partial charge in [0.15, 0.2) is 0 Å². The van der Waals surface area contributed by atoms with Crippen molar-refractivity contribution in [1.82, 2.24) is 10.3 Å². The summed E-state index contributed by atoms with van der Waals surface area (Å²) in [5.74, 6) is -1.44. The van der Waals surface area contributed by atoms with E-state index < -0.39 is 5.97 Å². The number of amides is 1. The number of rotatable bonds is 7. The number of carbonyl (C=O) groups excluding carboxylic acids is 1. The van der Waals surface area contributed by atoms with Crippen molar-refractivity contribution in [3.63, 3.8) is 0 Å². The number of hydrogen-bond donors (Lipinski definition) is 2. The number of thiophene rings is 1. The molecule has 2 aromatic rings. The van der Waals surface area contributed by atoms with Gasteiger partial charge in [0.05, 0.1) is 9.90 Å². The average Bonchev–Trinajstić information content (AvgIpc) is 2.92. The molecule has 2 aromatic heterocycles. The van der Waals surface area contributed by atoms with Crippen molar-refractivity contribution in [1.29, 1.82) is 0 Å².